The summed E-state index contributed by atoms with van der Waals surface area (Å²) in [5.74, 6) is -0.230. The molecule has 0 unspecified atom stereocenters. The summed E-state index contributed by atoms with van der Waals surface area (Å²) in [7, 11) is 0. The third kappa shape index (κ3) is 4.26. The van der Waals surface area contributed by atoms with E-state index in [1.54, 1.807) is 6.07 Å². The van der Waals surface area contributed by atoms with Crippen molar-refractivity contribution in [2.45, 2.75) is 13.3 Å². The quantitative estimate of drug-likeness (QED) is 0.606. The van der Waals surface area contributed by atoms with E-state index in [4.69, 9.17) is 0 Å². The number of nitrogens with one attached hydrogen (secondary N) is 3. The number of carbonyl (C=O) groups is 2. The zero-order valence-electron chi connectivity index (χ0n) is 14.1. The Morgan fingerprint density at radius 3 is 2.44 bits per heavy atom. The third-order valence-electron chi connectivity index (χ3n) is 3.98. The zero-order chi connectivity index (χ0) is 17.6. The van der Waals surface area contributed by atoms with Crippen molar-refractivity contribution >= 4 is 22.7 Å². The average Bonchev–Trinajstić information content (AvgIpc) is 3.05. The topological polar surface area (TPSA) is 74.0 Å². The van der Waals surface area contributed by atoms with Crippen molar-refractivity contribution in [1.29, 1.82) is 0 Å². The number of aromatic nitrogens is 1. The van der Waals surface area contributed by atoms with Gasteiger partial charge >= 0.3 is 0 Å². The summed E-state index contributed by atoms with van der Waals surface area (Å²) in [5.41, 5.74) is 3.20. The molecule has 0 bridgehead atoms. The fourth-order valence-corrected chi connectivity index (χ4v) is 2.67. The summed E-state index contributed by atoms with van der Waals surface area (Å²) < 4.78 is 0. The predicted octanol–water partition coefficient (Wildman–Crippen LogP) is 3.03. The highest BCUT2D eigenvalue weighted by Crippen LogP contribution is 2.14. The first-order valence-corrected chi connectivity index (χ1v) is 8.34. The summed E-state index contributed by atoms with van der Waals surface area (Å²) in [4.78, 5) is 27.3. The molecule has 0 spiro atoms. The standard InChI is InChI=1S/C20H21N3O2/c1-14-6-4-8-16(12-14)19(24)21-10-5-11-22-20(25)18-13-15-7-2-3-9-17(15)23-18/h2-4,6-9,12-13,23H,5,10-11H2,1H3,(H,21,24)(H,22,25). The second-order valence-corrected chi connectivity index (χ2v) is 6.01. The van der Waals surface area contributed by atoms with Crippen LogP contribution in [0.3, 0.4) is 0 Å². The molecule has 1 heterocycles. The summed E-state index contributed by atoms with van der Waals surface area (Å²) in [6, 6.07) is 17.1. The largest absolute Gasteiger partial charge is 0.352 e. The Bertz CT molecular complexity index is 866. The Morgan fingerprint density at radius 2 is 1.68 bits per heavy atom. The van der Waals surface area contributed by atoms with Gasteiger partial charge in [-0.3, -0.25) is 9.59 Å². The van der Waals surface area contributed by atoms with Crippen LogP contribution in [0.2, 0.25) is 0 Å². The van der Waals surface area contributed by atoms with Crippen LogP contribution in [0.1, 0.15) is 32.8 Å². The SMILES string of the molecule is Cc1cccc(C(=O)NCCCNC(=O)c2cc3ccccc3[nH]2)c1. The van der Waals surface area contributed by atoms with Gasteiger partial charge in [-0.15, -0.1) is 0 Å². The number of fused-ring (bicyclic) bond motifs is 1. The monoisotopic (exact) mass is 335 g/mol. The van der Waals surface area contributed by atoms with E-state index in [0.717, 1.165) is 16.5 Å². The van der Waals surface area contributed by atoms with Crippen LogP contribution < -0.4 is 10.6 Å². The third-order valence-corrected chi connectivity index (χ3v) is 3.98. The highest BCUT2D eigenvalue weighted by molar-refractivity contribution is 5.98. The Hall–Kier alpha value is -3.08. The summed E-state index contributed by atoms with van der Waals surface area (Å²) >= 11 is 0. The smallest absolute Gasteiger partial charge is 0.267 e. The van der Waals surface area contributed by atoms with Crippen molar-refractivity contribution in [3.05, 3.63) is 71.4 Å². The number of amides is 2. The normalized spacial score (nSPS) is 10.6. The predicted molar refractivity (Wildman–Crippen MR) is 98.8 cm³/mol. The molecule has 0 atom stereocenters. The van der Waals surface area contributed by atoms with E-state index >= 15 is 0 Å². The molecule has 0 saturated heterocycles. The molecular weight excluding hydrogens is 314 g/mol. The van der Waals surface area contributed by atoms with E-state index < -0.39 is 0 Å². The first-order valence-electron chi connectivity index (χ1n) is 8.34. The van der Waals surface area contributed by atoms with Crippen molar-refractivity contribution in [1.82, 2.24) is 15.6 Å². The second kappa shape index (κ2) is 7.66. The van der Waals surface area contributed by atoms with Gasteiger partial charge in [0, 0.05) is 29.6 Å². The molecule has 1 aromatic heterocycles. The Balaban J connectivity index is 1.42. The van der Waals surface area contributed by atoms with Crippen LogP contribution in [-0.2, 0) is 0 Å². The minimum absolute atomic E-state index is 0.0920. The molecule has 3 aromatic rings. The highest BCUT2D eigenvalue weighted by Gasteiger charge is 2.09. The molecule has 0 fully saturated rings. The molecule has 0 aliphatic rings. The average molecular weight is 335 g/mol. The van der Waals surface area contributed by atoms with Crippen LogP contribution in [0.15, 0.2) is 54.6 Å². The first kappa shape index (κ1) is 16.8. The fourth-order valence-electron chi connectivity index (χ4n) is 2.67. The number of para-hydroxylation sites is 1. The van der Waals surface area contributed by atoms with E-state index in [1.807, 2.05) is 55.5 Å². The van der Waals surface area contributed by atoms with Crippen molar-refractivity contribution in [3.63, 3.8) is 0 Å². The molecule has 5 heteroatoms. The van der Waals surface area contributed by atoms with E-state index in [2.05, 4.69) is 15.6 Å². The first-order chi connectivity index (χ1) is 12.1. The van der Waals surface area contributed by atoms with Crippen molar-refractivity contribution < 1.29 is 9.59 Å². The molecular formula is C20H21N3O2. The van der Waals surface area contributed by atoms with Gasteiger partial charge in [0.05, 0.1) is 0 Å². The lowest BCUT2D eigenvalue weighted by Gasteiger charge is -2.07. The minimum atomic E-state index is -0.138. The molecule has 2 amide bonds. The number of aromatic amines is 1. The van der Waals surface area contributed by atoms with Crippen LogP contribution in [0.5, 0.6) is 0 Å². The maximum absolute atomic E-state index is 12.1. The number of rotatable bonds is 6. The van der Waals surface area contributed by atoms with Gasteiger partial charge in [-0.1, -0.05) is 35.9 Å². The molecule has 0 aliphatic carbocycles. The number of hydrogen-bond donors (Lipinski definition) is 3. The fraction of sp³-hybridized carbons (Fsp3) is 0.200. The molecule has 0 aliphatic heterocycles. The zero-order valence-corrected chi connectivity index (χ0v) is 14.1. The molecule has 0 radical (unpaired) electrons. The van der Waals surface area contributed by atoms with Gasteiger partial charge in [0.15, 0.2) is 0 Å². The van der Waals surface area contributed by atoms with Crippen LogP contribution in [0, 0.1) is 6.92 Å². The van der Waals surface area contributed by atoms with Gasteiger partial charge in [-0.05, 0) is 37.6 Å². The Morgan fingerprint density at radius 1 is 0.920 bits per heavy atom. The lowest BCUT2D eigenvalue weighted by molar-refractivity contribution is 0.0948. The van der Waals surface area contributed by atoms with Crippen LogP contribution in [0.4, 0.5) is 0 Å². The molecule has 128 valence electrons. The second-order valence-electron chi connectivity index (χ2n) is 6.01. The molecule has 0 saturated carbocycles. The van der Waals surface area contributed by atoms with Gasteiger partial charge in [0.2, 0.25) is 0 Å². The van der Waals surface area contributed by atoms with E-state index in [9.17, 15) is 9.59 Å². The molecule has 3 N–H and O–H groups in total. The molecule has 2 aromatic carbocycles. The maximum atomic E-state index is 12.1. The number of benzene rings is 2. The maximum Gasteiger partial charge on any atom is 0.267 e. The van der Waals surface area contributed by atoms with Crippen molar-refractivity contribution in [2.75, 3.05) is 13.1 Å². The van der Waals surface area contributed by atoms with Crippen LogP contribution in [-0.4, -0.2) is 29.9 Å². The number of hydrogen-bond acceptors (Lipinski definition) is 2. The lowest BCUT2D eigenvalue weighted by Crippen LogP contribution is -2.30. The Kier molecular flexibility index (Phi) is 5.14. The summed E-state index contributed by atoms with van der Waals surface area (Å²) in [6.07, 6.45) is 0.670. The minimum Gasteiger partial charge on any atom is -0.352 e. The Labute approximate surface area is 146 Å². The van der Waals surface area contributed by atoms with E-state index in [-0.39, 0.29) is 11.8 Å². The molecule has 3 rings (SSSR count). The van der Waals surface area contributed by atoms with Crippen LogP contribution >= 0.6 is 0 Å². The summed E-state index contributed by atoms with van der Waals surface area (Å²) in [5, 5.41) is 6.74. The van der Waals surface area contributed by atoms with Gasteiger partial charge in [-0.25, -0.2) is 0 Å². The number of H-pyrrole nitrogens is 1. The van der Waals surface area contributed by atoms with Gasteiger partial charge in [0.1, 0.15) is 5.69 Å². The van der Waals surface area contributed by atoms with Crippen molar-refractivity contribution in [3.8, 4) is 0 Å². The molecule has 25 heavy (non-hydrogen) atoms. The van der Waals surface area contributed by atoms with E-state index in [1.165, 1.54) is 0 Å². The number of carbonyl (C=O) groups excluding carboxylic acids is 2. The van der Waals surface area contributed by atoms with Crippen molar-refractivity contribution in [2.24, 2.45) is 0 Å². The van der Waals surface area contributed by atoms with Gasteiger partial charge < -0.3 is 15.6 Å². The van der Waals surface area contributed by atoms with E-state index in [0.29, 0.717) is 30.8 Å². The van der Waals surface area contributed by atoms with Gasteiger partial charge in [0.25, 0.3) is 11.8 Å². The highest BCUT2D eigenvalue weighted by atomic mass is 16.2. The van der Waals surface area contributed by atoms with Gasteiger partial charge in [-0.2, -0.15) is 0 Å². The summed E-state index contributed by atoms with van der Waals surface area (Å²) in [6.45, 7) is 2.97. The number of aryl methyl sites for hydroxylation is 1. The van der Waals surface area contributed by atoms with Crippen LogP contribution in [0.25, 0.3) is 10.9 Å². The molecule has 5 nitrogen and oxygen atoms in total. The lowest BCUT2D eigenvalue weighted by atomic mass is 10.1.